The van der Waals surface area contributed by atoms with Crippen LogP contribution in [0.15, 0.2) is 12.5 Å². The number of hydrogen-bond acceptors (Lipinski definition) is 4. The Morgan fingerprint density at radius 2 is 2.26 bits per heavy atom. The summed E-state index contributed by atoms with van der Waals surface area (Å²) in [6.45, 7) is 4.25. The standard InChI is InChI=1S/C20H30N4O3/c1-3-4-5-6-18(25)24-11-15-14(17-7-8-20(15,12-24)27-17)9-22-19(26)16-10-21-13-23(16)2/h10,13-15,17H,3-9,11-12H2,1-2H3,(H,22,26)/t14-,15+,17+,20+/m0/s1. The van der Waals surface area contributed by atoms with E-state index in [1.165, 1.54) is 0 Å². The molecule has 3 fully saturated rings. The zero-order valence-electron chi connectivity index (χ0n) is 16.3. The van der Waals surface area contributed by atoms with Crippen molar-refractivity contribution in [3.63, 3.8) is 0 Å². The van der Waals surface area contributed by atoms with Crippen LogP contribution in [0.5, 0.6) is 0 Å². The summed E-state index contributed by atoms with van der Waals surface area (Å²) in [4.78, 5) is 31.0. The smallest absolute Gasteiger partial charge is 0.269 e. The van der Waals surface area contributed by atoms with Gasteiger partial charge in [-0.1, -0.05) is 19.8 Å². The molecule has 0 aliphatic carbocycles. The molecule has 1 spiro atoms. The maximum Gasteiger partial charge on any atom is 0.269 e. The van der Waals surface area contributed by atoms with E-state index >= 15 is 0 Å². The lowest BCUT2D eigenvalue weighted by Gasteiger charge is -2.29. The highest BCUT2D eigenvalue weighted by molar-refractivity contribution is 5.92. The number of likely N-dealkylation sites (tertiary alicyclic amines) is 1. The number of imidazole rings is 1. The molecular weight excluding hydrogens is 344 g/mol. The van der Waals surface area contributed by atoms with Crippen molar-refractivity contribution in [3.05, 3.63) is 18.2 Å². The highest BCUT2D eigenvalue weighted by atomic mass is 16.5. The van der Waals surface area contributed by atoms with Gasteiger partial charge in [0, 0.05) is 38.4 Å². The number of rotatable bonds is 7. The molecule has 148 valence electrons. The fraction of sp³-hybridized carbons (Fsp3) is 0.750. The first-order valence-electron chi connectivity index (χ1n) is 10.2. The molecule has 3 saturated heterocycles. The van der Waals surface area contributed by atoms with Crippen LogP contribution >= 0.6 is 0 Å². The summed E-state index contributed by atoms with van der Waals surface area (Å²) in [5, 5.41) is 3.06. The number of fused-ring (bicyclic) bond motifs is 1. The molecule has 4 heterocycles. The van der Waals surface area contributed by atoms with Crippen molar-refractivity contribution in [1.82, 2.24) is 19.8 Å². The quantitative estimate of drug-likeness (QED) is 0.738. The second-order valence-electron chi connectivity index (χ2n) is 8.36. The van der Waals surface area contributed by atoms with Crippen molar-refractivity contribution in [2.24, 2.45) is 18.9 Å². The van der Waals surface area contributed by atoms with E-state index in [1.54, 1.807) is 17.1 Å². The molecule has 3 aliphatic heterocycles. The molecule has 1 N–H and O–H groups in total. The Labute approximate surface area is 160 Å². The fourth-order valence-electron chi connectivity index (χ4n) is 5.21. The molecule has 3 aliphatic rings. The summed E-state index contributed by atoms with van der Waals surface area (Å²) in [5.41, 5.74) is 0.389. The SMILES string of the molecule is CCCCCC(=O)N1C[C@@H]2[C@H](CNC(=O)c3cncn3C)[C@H]3CC[C@]2(C1)O3. The molecule has 7 heteroatoms. The van der Waals surface area contributed by atoms with Gasteiger partial charge in [-0.15, -0.1) is 0 Å². The number of unbranched alkanes of at least 4 members (excludes halogenated alkanes) is 2. The molecule has 0 saturated carbocycles. The van der Waals surface area contributed by atoms with Crippen LogP contribution in [-0.4, -0.2) is 57.6 Å². The summed E-state index contributed by atoms with van der Waals surface area (Å²) in [7, 11) is 1.82. The Hall–Kier alpha value is -1.89. The van der Waals surface area contributed by atoms with Crippen LogP contribution in [0.3, 0.4) is 0 Å². The topological polar surface area (TPSA) is 76.5 Å². The van der Waals surface area contributed by atoms with Gasteiger partial charge in [-0.05, 0) is 19.3 Å². The average Bonchev–Trinajstić information content (AvgIpc) is 3.39. The van der Waals surface area contributed by atoms with Crippen molar-refractivity contribution in [3.8, 4) is 0 Å². The number of amides is 2. The molecule has 1 aromatic rings. The maximum atomic E-state index is 12.6. The largest absolute Gasteiger partial charge is 0.369 e. The Balaban J connectivity index is 1.37. The third-order valence-corrected chi connectivity index (χ3v) is 6.68. The Morgan fingerprint density at radius 1 is 1.41 bits per heavy atom. The number of hydrogen-bond donors (Lipinski definition) is 1. The van der Waals surface area contributed by atoms with Crippen molar-refractivity contribution in [2.45, 2.75) is 57.2 Å². The predicted octanol–water partition coefficient (Wildman–Crippen LogP) is 1.74. The van der Waals surface area contributed by atoms with Crippen LogP contribution in [0.1, 0.15) is 55.9 Å². The van der Waals surface area contributed by atoms with Gasteiger partial charge in [0.2, 0.25) is 5.91 Å². The first-order valence-corrected chi connectivity index (χ1v) is 10.2. The van der Waals surface area contributed by atoms with Gasteiger partial charge >= 0.3 is 0 Å². The zero-order valence-corrected chi connectivity index (χ0v) is 16.3. The van der Waals surface area contributed by atoms with Gasteiger partial charge in [0.15, 0.2) is 0 Å². The van der Waals surface area contributed by atoms with E-state index in [9.17, 15) is 9.59 Å². The van der Waals surface area contributed by atoms with Crippen molar-refractivity contribution >= 4 is 11.8 Å². The molecular formula is C20H30N4O3. The third-order valence-electron chi connectivity index (χ3n) is 6.68. The van der Waals surface area contributed by atoms with E-state index in [4.69, 9.17) is 4.74 Å². The lowest BCUT2D eigenvalue weighted by atomic mass is 9.73. The van der Waals surface area contributed by atoms with Crippen LogP contribution in [0.2, 0.25) is 0 Å². The number of carbonyl (C=O) groups excluding carboxylic acids is 2. The second kappa shape index (κ2) is 7.26. The molecule has 2 bridgehead atoms. The number of carbonyl (C=O) groups is 2. The number of aryl methyl sites for hydroxylation is 1. The van der Waals surface area contributed by atoms with Crippen LogP contribution in [-0.2, 0) is 16.6 Å². The predicted molar refractivity (Wildman–Crippen MR) is 100 cm³/mol. The summed E-state index contributed by atoms with van der Waals surface area (Å²) in [5.74, 6) is 0.775. The Bertz CT molecular complexity index is 718. The van der Waals surface area contributed by atoms with E-state index in [0.717, 1.165) is 45.2 Å². The molecule has 1 aromatic heterocycles. The van der Waals surface area contributed by atoms with Gasteiger partial charge < -0.3 is 19.5 Å². The molecule has 7 nitrogen and oxygen atoms in total. The van der Waals surface area contributed by atoms with Crippen LogP contribution < -0.4 is 5.32 Å². The molecule has 2 amide bonds. The lowest BCUT2D eigenvalue weighted by Crippen LogP contribution is -2.42. The first-order chi connectivity index (χ1) is 13.0. The number of nitrogens with one attached hydrogen (secondary N) is 1. The third kappa shape index (κ3) is 3.26. The number of ether oxygens (including phenoxy) is 1. The van der Waals surface area contributed by atoms with E-state index in [2.05, 4.69) is 17.2 Å². The monoisotopic (exact) mass is 374 g/mol. The summed E-state index contributed by atoms with van der Waals surface area (Å²) in [6, 6.07) is 0. The Kier molecular flexibility index (Phi) is 4.97. The molecule has 0 radical (unpaired) electrons. The highest BCUT2D eigenvalue weighted by Crippen LogP contribution is 2.54. The van der Waals surface area contributed by atoms with E-state index < -0.39 is 0 Å². The summed E-state index contributed by atoms with van der Waals surface area (Å²) >= 11 is 0. The highest BCUT2D eigenvalue weighted by Gasteiger charge is 2.63. The Morgan fingerprint density at radius 3 is 3.00 bits per heavy atom. The first kappa shape index (κ1) is 18.5. The van der Waals surface area contributed by atoms with E-state index in [-0.39, 0.29) is 29.4 Å². The van der Waals surface area contributed by atoms with Crippen LogP contribution in [0.25, 0.3) is 0 Å². The zero-order chi connectivity index (χ0) is 19.0. The van der Waals surface area contributed by atoms with Gasteiger partial charge in [0.25, 0.3) is 5.91 Å². The van der Waals surface area contributed by atoms with Crippen molar-refractivity contribution < 1.29 is 14.3 Å². The lowest BCUT2D eigenvalue weighted by molar-refractivity contribution is -0.131. The van der Waals surface area contributed by atoms with Crippen molar-refractivity contribution in [2.75, 3.05) is 19.6 Å². The molecule has 4 rings (SSSR count). The van der Waals surface area contributed by atoms with E-state index in [1.807, 2.05) is 11.9 Å². The number of nitrogens with zero attached hydrogens (tertiary/aromatic N) is 3. The minimum Gasteiger partial charge on any atom is -0.369 e. The molecule has 27 heavy (non-hydrogen) atoms. The normalized spacial score (nSPS) is 31.3. The van der Waals surface area contributed by atoms with Gasteiger partial charge in [-0.3, -0.25) is 9.59 Å². The van der Waals surface area contributed by atoms with Crippen LogP contribution in [0, 0.1) is 11.8 Å². The minimum atomic E-state index is -0.174. The van der Waals surface area contributed by atoms with E-state index in [0.29, 0.717) is 24.6 Å². The molecule has 4 atom stereocenters. The second-order valence-corrected chi connectivity index (χ2v) is 8.36. The average molecular weight is 374 g/mol. The molecule has 0 unspecified atom stereocenters. The molecule has 0 aromatic carbocycles. The van der Waals surface area contributed by atoms with Gasteiger partial charge in [0.1, 0.15) is 5.69 Å². The van der Waals surface area contributed by atoms with Crippen LogP contribution in [0.4, 0.5) is 0 Å². The summed E-state index contributed by atoms with van der Waals surface area (Å²) in [6.07, 6.45) is 9.33. The summed E-state index contributed by atoms with van der Waals surface area (Å²) < 4.78 is 8.11. The van der Waals surface area contributed by atoms with Crippen molar-refractivity contribution in [1.29, 1.82) is 0 Å². The van der Waals surface area contributed by atoms with Gasteiger partial charge in [-0.2, -0.15) is 0 Å². The number of aromatic nitrogens is 2. The van der Waals surface area contributed by atoms with Gasteiger partial charge in [0.05, 0.1) is 30.8 Å². The minimum absolute atomic E-state index is 0.0997. The fourth-order valence-corrected chi connectivity index (χ4v) is 5.21. The van der Waals surface area contributed by atoms with Gasteiger partial charge in [-0.25, -0.2) is 4.98 Å². The maximum absolute atomic E-state index is 12.6.